The SMILES string of the molecule is Cc1cc(-c2c(C)cc(C(F)(F)F)cc2O)nnc1C[C@@H]1CCCN(C)C1. The highest BCUT2D eigenvalue weighted by molar-refractivity contribution is 5.71. The topological polar surface area (TPSA) is 49.3 Å². The number of likely N-dealkylation sites (tertiary alicyclic amines) is 1. The van der Waals surface area contributed by atoms with Crippen LogP contribution in [0, 0.1) is 19.8 Å². The molecule has 0 radical (unpaired) electrons. The van der Waals surface area contributed by atoms with Crippen molar-refractivity contribution in [2.24, 2.45) is 5.92 Å². The van der Waals surface area contributed by atoms with Gasteiger partial charge in [0, 0.05) is 12.1 Å². The third-order valence-electron chi connectivity index (χ3n) is 5.19. The van der Waals surface area contributed by atoms with Crippen LogP contribution < -0.4 is 0 Å². The second-order valence-corrected chi connectivity index (χ2v) is 7.52. The number of nitrogens with zero attached hydrogens (tertiary/aromatic N) is 3. The van der Waals surface area contributed by atoms with Gasteiger partial charge in [0.05, 0.1) is 17.0 Å². The Kier molecular flexibility index (Phi) is 5.42. The quantitative estimate of drug-likeness (QED) is 0.860. The maximum Gasteiger partial charge on any atom is 0.416 e. The van der Waals surface area contributed by atoms with Gasteiger partial charge in [-0.05, 0) is 81.9 Å². The average Bonchev–Trinajstić information content (AvgIpc) is 2.56. The van der Waals surface area contributed by atoms with E-state index < -0.39 is 17.5 Å². The van der Waals surface area contributed by atoms with Crippen molar-refractivity contribution >= 4 is 0 Å². The van der Waals surface area contributed by atoms with Gasteiger partial charge in [0.2, 0.25) is 0 Å². The first-order valence-electron chi connectivity index (χ1n) is 9.08. The maximum atomic E-state index is 12.9. The maximum absolute atomic E-state index is 12.9. The average molecular weight is 379 g/mol. The molecule has 7 heteroatoms. The number of aryl methyl sites for hydroxylation is 2. The zero-order valence-electron chi connectivity index (χ0n) is 15.8. The minimum atomic E-state index is -4.50. The second kappa shape index (κ2) is 7.46. The lowest BCUT2D eigenvalue weighted by molar-refractivity contribution is -0.137. The molecule has 3 rings (SSSR count). The highest BCUT2D eigenvalue weighted by atomic mass is 19.4. The van der Waals surface area contributed by atoms with Crippen LogP contribution in [-0.4, -0.2) is 40.3 Å². The molecule has 0 aliphatic carbocycles. The molecule has 4 nitrogen and oxygen atoms in total. The van der Waals surface area contributed by atoms with Gasteiger partial charge in [0.1, 0.15) is 5.75 Å². The van der Waals surface area contributed by atoms with Crippen molar-refractivity contribution in [3.63, 3.8) is 0 Å². The summed E-state index contributed by atoms with van der Waals surface area (Å²) in [4.78, 5) is 2.31. The van der Waals surface area contributed by atoms with Gasteiger partial charge < -0.3 is 10.0 Å². The van der Waals surface area contributed by atoms with Crippen LogP contribution in [-0.2, 0) is 12.6 Å². The summed E-state index contributed by atoms with van der Waals surface area (Å²) in [5.74, 6) is 0.0986. The van der Waals surface area contributed by atoms with Gasteiger partial charge in [-0.2, -0.15) is 23.4 Å². The number of phenolic OH excluding ortho intramolecular Hbond substituents is 1. The normalized spacial score (nSPS) is 18.7. The summed E-state index contributed by atoms with van der Waals surface area (Å²) < 4.78 is 38.7. The lowest BCUT2D eigenvalue weighted by Gasteiger charge is -2.29. The first-order valence-corrected chi connectivity index (χ1v) is 9.08. The molecule has 1 aromatic carbocycles. The summed E-state index contributed by atoms with van der Waals surface area (Å²) in [7, 11) is 2.12. The van der Waals surface area contributed by atoms with E-state index in [1.54, 1.807) is 6.07 Å². The lowest BCUT2D eigenvalue weighted by Crippen LogP contribution is -2.33. The Morgan fingerprint density at radius 1 is 1.15 bits per heavy atom. The van der Waals surface area contributed by atoms with Crippen LogP contribution in [0.25, 0.3) is 11.3 Å². The summed E-state index contributed by atoms with van der Waals surface area (Å²) in [5.41, 5.74) is 1.97. The van der Waals surface area contributed by atoms with Crippen LogP contribution in [0.2, 0.25) is 0 Å². The zero-order valence-corrected chi connectivity index (χ0v) is 15.8. The monoisotopic (exact) mass is 379 g/mol. The number of hydrogen-bond donors (Lipinski definition) is 1. The summed E-state index contributed by atoms with van der Waals surface area (Å²) in [6.07, 6.45) is -1.34. The van der Waals surface area contributed by atoms with Crippen molar-refractivity contribution in [1.29, 1.82) is 0 Å². The van der Waals surface area contributed by atoms with Gasteiger partial charge in [-0.1, -0.05) is 0 Å². The van der Waals surface area contributed by atoms with Gasteiger partial charge in [0.15, 0.2) is 0 Å². The van der Waals surface area contributed by atoms with Crippen LogP contribution in [0.3, 0.4) is 0 Å². The summed E-state index contributed by atoms with van der Waals surface area (Å²) in [5, 5.41) is 18.7. The first kappa shape index (κ1) is 19.6. The Morgan fingerprint density at radius 3 is 2.48 bits per heavy atom. The molecule has 0 saturated carbocycles. The zero-order chi connectivity index (χ0) is 19.8. The number of aromatic nitrogens is 2. The fraction of sp³-hybridized carbons (Fsp3) is 0.500. The van der Waals surface area contributed by atoms with Crippen LogP contribution in [0.5, 0.6) is 5.75 Å². The van der Waals surface area contributed by atoms with Gasteiger partial charge >= 0.3 is 6.18 Å². The molecule has 1 saturated heterocycles. The minimum absolute atomic E-state index is 0.294. The van der Waals surface area contributed by atoms with Crippen molar-refractivity contribution < 1.29 is 18.3 Å². The summed E-state index contributed by atoms with van der Waals surface area (Å²) in [6, 6.07) is 3.56. The highest BCUT2D eigenvalue weighted by Gasteiger charge is 2.32. The molecule has 0 bridgehead atoms. The van der Waals surface area contributed by atoms with Crippen LogP contribution in [0.4, 0.5) is 13.2 Å². The molecule has 2 heterocycles. The molecule has 1 aliphatic rings. The molecule has 1 N–H and O–H groups in total. The lowest BCUT2D eigenvalue weighted by atomic mass is 9.92. The number of piperidine rings is 1. The van der Waals surface area contributed by atoms with E-state index in [-0.39, 0.29) is 0 Å². The number of hydrogen-bond acceptors (Lipinski definition) is 4. The van der Waals surface area contributed by atoms with Gasteiger partial charge in [-0.3, -0.25) is 0 Å². The second-order valence-electron chi connectivity index (χ2n) is 7.52. The smallest absolute Gasteiger partial charge is 0.416 e. The number of halogens is 3. The van der Waals surface area contributed by atoms with Crippen molar-refractivity contribution in [3.05, 3.63) is 40.6 Å². The van der Waals surface area contributed by atoms with Crippen LogP contribution in [0.1, 0.15) is 35.2 Å². The standard InChI is InChI=1S/C20H24F3N3O/c1-12-8-17(19-13(2)7-15(10-18(19)27)20(21,22)23)25-24-16(12)9-14-5-4-6-26(3)11-14/h7-8,10,14,27H,4-6,9,11H2,1-3H3/t14-/m0/s1. The fourth-order valence-corrected chi connectivity index (χ4v) is 3.81. The van der Waals surface area contributed by atoms with E-state index >= 15 is 0 Å². The van der Waals surface area contributed by atoms with E-state index in [9.17, 15) is 18.3 Å². The van der Waals surface area contributed by atoms with E-state index in [0.29, 0.717) is 22.7 Å². The third kappa shape index (κ3) is 4.40. The molecule has 2 aromatic rings. The van der Waals surface area contributed by atoms with Crippen molar-refractivity contribution in [2.45, 2.75) is 39.3 Å². The predicted octanol–water partition coefficient (Wildman–Crippen LogP) is 4.37. The predicted molar refractivity (Wildman–Crippen MR) is 97.5 cm³/mol. The van der Waals surface area contributed by atoms with E-state index in [1.807, 2.05) is 6.92 Å². The highest BCUT2D eigenvalue weighted by Crippen LogP contribution is 2.38. The molecule has 1 aromatic heterocycles. The number of rotatable bonds is 3. The van der Waals surface area contributed by atoms with Crippen molar-refractivity contribution in [3.8, 4) is 17.0 Å². The molecule has 27 heavy (non-hydrogen) atoms. The molecule has 0 amide bonds. The van der Waals surface area contributed by atoms with Crippen LogP contribution >= 0.6 is 0 Å². The molecular weight excluding hydrogens is 355 g/mol. The fourth-order valence-electron chi connectivity index (χ4n) is 3.81. The van der Waals surface area contributed by atoms with E-state index in [2.05, 4.69) is 22.1 Å². The number of alkyl halides is 3. The Balaban J connectivity index is 1.87. The van der Waals surface area contributed by atoms with Crippen molar-refractivity contribution in [2.75, 3.05) is 20.1 Å². The molecule has 1 fully saturated rings. The molecule has 146 valence electrons. The van der Waals surface area contributed by atoms with Crippen LogP contribution in [0.15, 0.2) is 18.2 Å². The minimum Gasteiger partial charge on any atom is -0.507 e. The summed E-state index contributed by atoms with van der Waals surface area (Å²) >= 11 is 0. The molecular formula is C20H24F3N3O. The summed E-state index contributed by atoms with van der Waals surface area (Å²) in [6.45, 7) is 5.61. The number of benzene rings is 1. The molecule has 0 spiro atoms. The van der Waals surface area contributed by atoms with Crippen molar-refractivity contribution in [1.82, 2.24) is 15.1 Å². The van der Waals surface area contributed by atoms with Gasteiger partial charge in [0.25, 0.3) is 0 Å². The van der Waals surface area contributed by atoms with E-state index in [0.717, 1.165) is 49.3 Å². The molecule has 1 aliphatic heterocycles. The van der Waals surface area contributed by atoms with E-state index in [1.165, 1.54) is 13.3 Å². The van der Waals surface area contributed by atoms with Gasteiger partial charge in [-0.25, -0.2) is 0 Å². The Hall–Kier alpha value is -2.15. The van der Waals surface area contributed by atoms with E-state index in [4.69, 9.17) is 0 Å². The number of phenols is 1. The Morgan fingerprint density at radius 2 is 1.89 bits per heavy atom. The third-order valence-corrected chi connectivity index (χ3v) is 5.19. The first-order chi connectivity index (χ1) is 12.6. The largest absolute Gasteiger partial charge is 0.507 e. The molecule has 1 atom stereocenters. The Labute approximate surface area is 157 Å². The molecule has 0 unspecified atom stereocenters. The number of aromatic hydroxyl groups is 1. The van der Waals surface area contributed by atoms with Gasteiger partial charge in [-0.15, -0.1) is 0 Å². The Bertz CT molecular complexity index is 813.